The number of hydrogen-bond donors (Lipinski definition) is 1. The van der Waals surface area contributed by atoms with Crippen LogP contribution in [0.2, 0.25) is 0 Å². The van der Waals surface area contributed by atoms with Gasteiger partial charge in [0.1, 0.15) is 0 Å². The van der Waals surface area contributed by atoms with Crippen LogP contribution in [0.4, 0.5) is 23.7 Å². The van der Waals surface area contributed by atoms with Crippen LogP contribution in [0.5, 0.6) is 5.75 Å². The Morgan fingerprint density at radius 1 is 1.07 bits per heavy atom. The van der Waals surface area contributed by atoms with E-state index in [1.807, 2.05) is 37.4 Å². The number of likely N-dealkylation sites (N-methyl/N-ethyl adjacent to an activating group) is 1. The molecule has 0 unspecified atom stereocenters. The molecule has 1 aliphatic heterocycles. The summed E-state index contributed by atoms with van der Waals surface area (Å²) in [7, 11) is 1.97. The molecule has 0 spiro atoms. The van der Waals surface area contributed by atoms with E-state index in [-0.39, 0.29) is 11.7 Å². The molecule has 3 rings (SSSR count). The summed E-state index contributed by atoms with van der Waals surface area (Å²) >= 11 is 0. The third kappa shape index (κ3) is 4.91. The van der Waals surface area contributed by atoms with E-state index >= 15 is 0 Å². The minimum atomic E-state index is -4.83. The molecule has 1 aliphatic rings. The van der Waals surface area contributed by atoms with Gasteiger partial charge >= 0.3 is 12.4 Å². The lowest BCUT2D eigenvalue weighted by molar-refractivity contribution is -0.274. The first kappa shape index (κ1) is 19.0. The third-order valence-electron chi connectivity index (χ3n) is 4.38. The maximum Gasteiger partial charge on any atom is 0.573 e. The number of alkyl halides is 3. The molecule has 1 N–H and O–H groups in total. The molecule has 144 valence electrons. The van der Waals surface area contributed by atoms with Crippen LogP contribution in [0.15, 0.2) is 54.6 Å². The molecule has 0 aromatic heterocycles. The number of para-hydroxylation sites is 2. The van der Waals surface area contributed by atoms with E-state index in [1.165, 1.54) is 24.3 Å². The van der Waals surface area contributed by atoms with Crippen LogP contribution in [-0.2, 0) is 0 Å². The SMILES string of the molecule is CN1CCN(C(=O)Nc2ccccc2OC(F)(F)F)[C@H](c2ccccc2)C1. The van der Waals surface area contributed by atoms with Gasteiger partial charge in [-0.1, -0.05) is 42.5 Å². The average Bonchev–Trinajstić information content (AvgIpc) is 2.63. The Morgan fingerprint density at radius 3 is 2.44 bits per heavy atom. The predicted molar refractivity (Wildman–Crippen MR) is 95.5 cm³/mol. The zero-order chi connectivity index (χ0) is 19.4. The molecule has 2 aromatic rings. The van der Waals surface area contributed by atoms with E-state index in [9.17, 15) is 18.0 Å². The summed E-state index contributed by atoms with van der Waals surface area (Å²) in [6.45, 7) is 1.78. The number of urea groups is 1. The molecule has 1 fully saturated rings. The van der Waals surface area contributed by atoms with Crippen molar-refractivity contribution in [1.29, 1.82) is 0 Å². The Bertz CT molecular complexity index is 783. The van der Waals surface area contributed by atoms with E-state index in [0.29, 0.717) is 19.6 Å². The number of ether oxygens (including phenoxy) is 1. The van der Waals surface area contributed by atoms with Gasteiger partial charge < -0.3 is 19.9 Å². The second kappa shape index (κ2) is 7.87. The number of nitrogens with zero attached hydrogens (tertiary/aromatic N) is 2. The average molecular weight is 379 g/mol. The van der Waals surface area contributed by atoms with Crippen molar-refractivity contribution in [2.45, 2.75) is 12.4 Å². The highest BCUT2D eigenvalue weighted by atomic mass is 19.4. The fraction of sp³-hybridized carbons (Fsp3) is 0.316. The number of nitrogens with one attached hydrogen (secondary N) is 1. The number of carbonyl (C=O) groups excluding carboxylic acids is 1. The van der Waals surface area contributed by atoms with Gasteiger partial charge in [-0.3, -0.25) is 0 Å². The van der Waals surface area contributed by atoms with Crippen molar-refractivity contribution in [2.24, 2.45) is 0 Å². The van der Waals surface area contributed by atoms with Crippen molar-refractivity contribution in [2.75, 3.05) is 32.0 Å². The standard InChI is InChI=1S/C19H20F3N3O2/c1-24-11-12-25(16(13-24)14-7-3-2-4-8-14)18(26)23-15-9-5-6-10-17(15)27-19(20,21)22/h2-10,16H,11-13H2,1H3,(H,23,26)/t16-/m0/s1. The van der Waals surface area contributed by atoms with Gasteiger partial charge in [-0.25, -0.2) is 4.79 Å². The molecule has 2 amide bonds. The number of amides is 2. The molecule has 27 heavy (non-hydrogen) atoms. The van der Waals surface area contributed by atoms with E-state index in [1.54, 1.807) is 4.90 Å². The fourth-order valence-electron chi connectivity index (χ4n) is 3.09. The van der Waals surface area contributed by atoms with Crippen molar-refractivity contribution < 1.29 is 22.7 Å². The molecule has 1 atom stereocenters. The highest BCUT2D eigenvalue weighted by Gasteiger charge is 2.33. The summed E-state index contributed by atoms with van der Waals surface area (Å²) in [5.74, 6) is -0.441. The number of halogens is 3. The highest BCUT2D eigenvalue weighted by molar-refractivity contribution is 5.91. The summed E-state index contributed by atoms with van der Waals surface area (Å²) in [6, 6.07) is 14.4. The van der Waals surface area contributed by atoms with Gasteiger partial charge in [0, 0.05) is 19.6 Å². The molecular weight excluding hydrogens is 359 g/mol. The topological polar surface area (TPSA) is 44.8 Å². The normalized spacial score (nSPS) is 18.2. The van der Waals surface area contributed by atoms with Crippen LogP contribution in [0, 0.1) is 0 Å². The smallest absolute Gasteiger partial charge is 0.404 e. The van der Waals surface area contributed by atoms with Crippen LogP contribution in [0.3, 0.4) is 0 Å². The number of hydrogen-bond acceptors (Lipinski definition) is 3. The number of benzene rings is 2. The van der Waals surface area contributed by atoms with Crippen LogP contribution in [0.1, 0.15) is 11.6 Å². The van der Waals surface area contributed by atoms with Crippen molar-refractivity contribution in [1.82, 2.24) is 9.80 Å². The van der Waals surface area contributed by atoms with E-state index in [2.05, 4.69) is 15.0 Å². The summed E-state index contributed by atoms with van der Waals surface area (Å²) in [5, 5.41) is 2.56. The van der Waals surface area contributed by atoms with Crippen LogP contribution in [0.25, 0.3) is 0 Å². The zero-order valence-electron chi connectivity index (χ0n) is 14.7. The lowest BCUT2D eigenvalue weighted by atomic mass is 10.0. The van der Waals surface area contributed by atoms with Crippen LogP contribution < -0.4 is 10.1 Å². The van der Waals surface area contributed by atoms with Crippen molar-refractivity contribution >= 4 is 11.7 Å². The van der Waals surface area contributed by atoms with Crippen LogP contribution in [-0.4, -0.2) is 48.9 Å². The molecule has 1 heterocycles. The fourth-order valence-corrected chi connectivity index (χ4v) is 3.09. The van der Waals surface area contributed by atoms with Gasteiger partial charge in [0.2, 0.25) is 0 Å². The second-order valence-corrected chi connectivity index (χ2v) is 6.36. The zero-order valence-corrected chi connectivity index (χ0v) is 14.7. The number of rotatable bonds is 3. The van der Waals surface area contributed by atoms with E-state index in [0.717, 1.165) is 5.56 Å². The summed E-state index contributed by atoms with van der Waals surface area (Å²) in [4.78, 5) is 16.6. The van der Waals surface area contributed by atoms with Crippen LogP contribution >= 0.6 is 0 Å². The third-order valence-corrected chi connectivity index (χ3v) is 4.38. The molecule has 8 heteroatoms. The highest BCUT2D eigenvalue weighted by Crippen LogP contribution is 2.31. The largest absolute Gasteiger partial charge is 0.573 e. The molecule has 1 saturated heterocycles. The number of carbonyl (C=O) groups is 1. The van der Waals surface area contributed by atoms with Gasteiger partial charge in [-0.05, 0) is 24.7 Å². The minimum Gasteiger partial charge on any atom is -0.404 e. The Labute approximate surface area is 155 Å². The molecular formula is C19H20F3N3O2. The quantitative estimate of drug-likeness (QED) is 0.873. The lowest BCUT2D eigenvalue weighted by Gasteiger charge is -2.40. The predicted octanol–water partition coefficient (Wildman–Crippen LogP) is 4.11. The molecule has 0 radical (unpaired) electrons. The monoisotopic (exact) mass is 379 g/mol. The van der Waals surface area contributed by atoms with E-state index < -0.39 is 18.1 Å². The first-order valence-electron chi connectivity index (χ1n) is 8.49. The Hall–Kier alpha value is -2.74. The van der Waals surface area contributed by atoms with E-state index in [4.69, 9.17) is 0 Å². The Balaban J connectivity index is 1.81. The molecule has 0 saturated carbocycles. The van der Waals surface area contributed by atoms with Gasteiger partial charge in [-0.2, -0.15) is 0 Å². The minimum absolute atomic E-state index is 0.0226. The summed E-state index contributed by atoms with van der Waals surface area (Å²) in [5.41, 5.74) is 0.949. The van der Waals surface area contributed by atoms with Gasteiger partial charge in [0.05, 0.1) is 11.7 Å². The molecule has 5 nitrogen and oxygen atoms in total. The van der Waals surface area contributed by atoms with Gasteiger partial charge in [0.25, 0.3) is 0 Å². The second-order valence-electron chi connectivity index (χ2n) is 6.36. The maximum absolute atomic E-state index is 12.8. The van der Waals surface area contributed by atoms with Gasteiger partial charge in [-0.15, -0.1) is 13.2 Å². The first-order valence-corrected chi connectivity index (χ1v) is 8.49. The number of anilines is 1. The molecule has 0 bridgehead atoms. The maximum atomic E-state index is 12.8. The molecule has 2 aromatic carbocycles. The van der Waals surface area contributed by atoms with Gasteiger partial charge in [0.15, 0.2) is 5.75 Å². The van der Waals surface area contributed by atoms with Crippen molar-refractivity contribution in [3.8, 4) is 5.75 Å². The summed E-state index contributed by atoms with van der Waals surface area (Å²) < 4.78 is 41.8. The Morgan fingerprint density at radius 2 is 1.74 bits per heavy atom. The Kier molecular flexibility index (Phi) is 5.55. The summed E-state index contributed by atoms with van der Waals surface area (Å²) in [6.07, 6.45) is -4.83. The van der Waals surface area contributed by atoms with Crippen molar-refractivity contribution in [3.63, 3.8) is 0 Å². The lowest BCUT2D eigenvalue weighted by Crippen LogP contribution is -2.50. The first-order chi connectivity index (χ1) is 12.8. The molecule has 0 aliphatic carbocycles. The van der Waals surface area contributed by atoms with Crippen molar-refractivity contribution in [3.05, 3.63) is 60.2 Å². The number of piperazine rings is 1.